The quantitative estimate of drug-likeness (QED) is 0.648. The summed E-state index contributed by atoms with van der Waals surface area (Å²) in [5, 5.41) is 2.39. The Balaban J connectivity index is 1.69. The van der Waals surface area contributed by atoms with Gasteiger partial charge in [0.1, 0.15) is 11.6 Å². The van der Waals surface area contributed by atoms with Gasteiger partial charge in [-0.3, -0.25) is 9.59 Å². The van der Waals surface area contributed by atoms with E-state index in [4.69, 9.17) is 0 Å². The van der Waals surface area contributed by atoms with Gasteiger partial charge in [-0.25, -0.2) is 8.78 Å². The Morgan fingerprint density at radius 1 is 0.897 bits per heavy atom. The van der Waals surface area contributed by atoms with Crippen molar-refractivity contribution in [2.24, 2.45) is 0 Å². The summed E-state index contributed by atoms with van der Waals surface area (Å²) in [5.74, 6) is -2.27. The molecule has 0 aliphatic carbocycles. The number of anilines is 1. The van der Waals surface area contributed by atoms with E-state index < -0.39 is 17.5 Å². The van der Waals surface area contributed by atoms with Crippen LogP contribution in [0.1, 0.15) is 33.2 Å². The van der Waals surface area contributed by atoms with Crippen molar-refractivity contribution in [2.75, 3.05) is 11.9 Å². The number of hydrogen-bond acceptors (Lipinski definition) is 2. The van der Waals surface area contributed by atoms with Crippen LogP contribution in [0.3, 0.4) is 0 Å². The molecule has 0 saturated heterocycles. The van der Waals surface area contributed by atoms with Crippen LogP contribution in [-0.2, 0) is 6.54 Å². The number of nitrogens with zero attached hydrogens (tertiary/aromatic N) is 1. The van der Waals surface area contributed by atoms with Gasteiger partial charge in [0.2, 0.25) is 0 Å². The molecule has 3 rings (SSSR count). The molecular formula is C23H20F2N2O2. The van der Waals surface area contributed by atoms with Crippen LogP contribution in [0.5, 0.6) is 0 Å². The number of halogens is 2. The first-order valence-electron chi connectivity index (χ1n) is 9.17. The maximum atomic E-state index is 13.7. The number of carbonyl (C=O) groups is 2. The molecule has 0 aromatic heterocycles. The van der Waals surface area contributed by atoms with Gasteiger partial charge in [0.05, 0.1) is 5.69 Å². The standard InChI is InChI=1S/C23H20F2N2O2/c1-2-27(15-16-6-4-3-5-7-16)23(29)18-10-8-17(9-11-18)22(28)26-21-13-12-19(24)14-20(21)25/h3-14H,2,15H2,1H3,(H,26,28). The Morgan fingerprint density at radius 3 is 2.17 bits per heavy atom. The second-order valence-corrected chi connectivity index (χ2v) is 6.46. The molecule has 3 aromatic carbocycles. The van der Waals surface area contributed by atoms with Gasteiger partial charge < -0.3 is 10.2 Å². The van der Waals surface area contributed by atoms with Crippen molar-refractivity contribution in [3.05, 3.63) is 101 Å². The molecule has 6 heteroatoms. The molecule has 0 aliphatic rings. The van der Waals surface area contributed by atoms with Crippen LogP contribution in [0.25, 0.3) is 0 Å². The maximum Gasteiger partial charge on any atom is 0.255 e. The van der Waals surface area contributed by atoms with E-state index in [9.17, 15) is 18.4 Å². The van der Waals surface area contributed by atoms with Crippen molar-refractivity contribution in [2.45, 2.75) is 13.5 Å². The van der Waals surface area contributed by atoms with Gasteiger partial charge in [0.15, 0.2) is 0 Å². The summed E-state index contributed by atoms with van der Waals surface area (Å²) in [4.78, 5) is 26.8. The fourth-order valence-corrected chi connectivity index (χ4v) is 2.86. The topological polar surface area (TPSA) is 49.4 Å². The van der Waals surface area contributed by atoms with E-state index >= 15 is 0 Å². The van der Waals surface area contributed by atoms with E-state index in [2.05, 4.69) is 5.32 Å². The van der Waals surface area contributed by atoms with Gasteiger partial charge in [-0.2, -0.15) is 0 Å². The number of nitrogens with one attached hydrogen (secondary N) is 1. The highest BCUT2D eigenvalue weighted by Gasteiger charge is 2.16. The lowest BCUT2D eigenvalue weighted by atomic mass is 10.1. The first kappa shape index (κ1) is 20.2. The molecule has 0 atom stereocenters. The van der Waals surface area contributed by atoms with E-state index in [1.165, 1.54) is 12.1 Å². The normalized spacial score (nSPS) is 10.4. The molecule has 148 valence electrons. The van der Waals surface area contributed by atoms with Gasteiger partial charge in [-0.1, -0.05) is 30.3 Å². The number of benzene rings is 3. The van der Waals surface area contributed by atoms with Gasteiger partial charge in [0.25, 0.3) is 11.8 Å². The molecule has 0 bridgehead atoms. The highest BCUT2D eigenvalue weighted by atomic mass is 19.1. The minimum absolute atomic E-state index is 0.114. The molecular weight excluding hydrogens is 374 g/mol. The largest absolute Gasteiger partial charge is 0.335 e. The SMILES string of the molecule is CCN(Cc1ccccc1)C(=O)c1ccc(C(=O)Nc2ccc(F)cc2F)cc1. The van der Waals surface area contributed by atoms with Crippen molar-refractivity contribution in [1.29, 1.82) is 0 Å². The minimum Gasteiger partial charge on any atom is -0.335 e. The monoisotopic (exact) mass is 394 g/mol. The third-order valence-electron chi connectivity index (χ3n) is 4.46. The molecule has 0 aliphatic heterocycles. The maximum absolute atomic E-state index is 13.7. The molecule has 2 amide bonds. The Hall–Kier alpha value is -3.54. The molecule has 3 aromatic rings. The van der Waals surface area contributed by atoms with Crippen molar-refractivity contribution >= 4 is 17.5 Å². The van der Waals surface area contributed by atoms with Crippen LogP contribution < -0.4 is 5.32 Å². The Labute approximate surface area is 167 Å². The summed E-state index contributed by atoms with van der Waals surface area (Å²) in [6, 6.07) is 18.7. The van der Waals surface area contributed by atoms with Gasteiger partial charge in [-0.15, -0.1) is 0 Å². The van der Waals surface area contributed by atoms with Crippen LogP contribution >= 0.6 is 0 Å². The Morgan fingerprint density at radius 2 is 1.55 bits per heavy atom. The summed E-state index contributed by atoms with van der Waals surface area (Å²) < 4.78 is 26.7. The predicted octanol–water partition coefficient (Wildman–Crippen LogP) is 4.88. The van der Waals surface area contributed by atoms with Crippen LogP contribution in [0.4, 0.5) is 14.5 Å². The van der Waals surface area contributed by atoms with Gasteiger partial charge in [0, 0.05) is 30.3 Å². The molecule has 0 radical (unpaired) electrons. The molecule has 1 N–H and O–H groups in total. The zero-order valence-corrected chi connectivity index (χ0v) is 15.9. The average Bonchev–Trinajstić information content (AvgIpc) is 2.74. The van der Waals surface area contributed by atoms with E-state index in [-0.39, 0.29) is 17.2 Å². The number of hydrogen-bond donors (Lipinski definition) is 1. The molecule has 0 unspecified atom stereocenters. The molecule has 0 spiro atoms. The minimum atomic E-state index is -0.857. The summed E-state index contributed by atoms with van der Waals surface area (Å²) in [6.07, 6.45) is 0. The zero-order valence-electron chi connectivity index (χ0n) is 15.9. The van der Waals surface area contributed by atoms with E-state index in [0.29, 0.717) is 24.7 Å². The average molecular weight is 394 g/mol. The summed E-state index contributed by atoms with van der Waals surface area (Å²) >= 11 is 0. The summed E-state index contributed by atoms with van der Waals surface area (Å²) in [5.41, 5.74) is 1.63. The highest BCUT2D eigenvalue weighted by molar-refractivity contribution is 6.05. The predicted molar refractivity (Wildman–Crippen MR) is 108 cm³/mol. The fourth-order valence-electron chi connectivity index (χ4n) is 2.86. The molecule has 29 heavy (non-hydrogen) atoms. The van der Waals surface area contributed by atoms with Crippen molar-refractivity contribution in [3.8, 4) is 0 Å². The van der Waals surface area contributed by atoms with E-state index in [1.807, 2.05) is 37.3 Å². The molecule has 4 nitrogen and oxygen atoms in total. The fraction of sp³-hybridized carbons (Fsp3) is 0.130. The third kappa shape index (κ3) is 5.04. The first-order chi connectivity index (χ1) is 14.0. The second-order valence-electron chi connectivity index (χ2n) is 6.46. The van der Waals surface area contributed by atoms with Gasteiger partial charge >= 0.3 is 0 Å². The lowest BCUT2D eigenvalue weighted by Crippen LogP contribution is -2.30. The van der Waals surface area contributed by atoms with Crippen LogP contribution in [-0.4, -0.2) is 23.3 Å². The first-order valence-corrected chi connectivity index (χ1v) is 9.17. The summed E-state index contributed by atoms with van der Waals surface area (Å²) in [7, 11) is 0. The van der Waals surface area contributed by atoms with Crippen LogP contribution in [0, 0.1) is 11.6 Å². The smallest absolute Gasteiger partial charge is 0.255 e. The lowest BCUT2D eigenvalue weighted by molar-refractivity contribution is 0.0752. The van der Waals surface area contributed by atoms with Gasteiger partial charge in [-0.05, 0) is 48.9 Å². The van der Waals surface area contributed by atoms with Crippen LogP contribution in [0.15, 0.2) is 72.8 Å². The number of rotatable bonds is 6. The number of carbonyl (C=O) groups excluding carboxylic acids is 2. The van der Waals surface area contributed by atoms with Crippen molar-refractivity contribution in [1.82, 2.24) is 4.90 Å². The highest BCUT2D eigenvalue weighted by Crippen LogP contribution is 2.17. The lowest BCUT2D eigenvalue weighted by Gasteiger charge is -2.21. The molecule has 0 saturated carbocycles. The Kier molecular flexibility index (Phi) is 6.34. The molecule has 0 heterocycles. The van der Waals surface area contributed by atoms with E-state index in [1.54, 1.807) is 17.0 Å². The molecule has 0 fully saturated rings. The third-order valence-corrected chi connectivity index (χ3v) is 4.46. The van der Waals surface area contributed by atoms with E-state index in [0.717, 1.165) is 17.7 Å². The number of amides is 2. The summed E-state index contributed by atoms with van der Waals surface area (Å²) in [6.45, 7) is 2.93. The van der Waals surface area contributed by atoms with Crippen molar-refractivity contribution in [3.63, 3.8) is 0 Å². The van der Waals surface area contributed by atoms with Crippen molar-refractivity contribution < 1.29 is 18.4 Å². The van der Waals surface area contributed by atoms with Crippen LogP contribution in [0.2, 0.25) is 0 Å². The Bertz CT molecular complexity index is 1010. The zero-order chi connectivity index (χ0) is 20.8. The second kappa shape index (κ2) is 9.10.